The minimum absolute atomic E-state index is 0.0485. The summed E-state index contributed by atoms with van der Waals surface area (Å²) in [5.74, 6) is 0. The molecule has 0 radical (unpaired) electrons. The highest BCUT2D eigenvalue weighted by molar-refractivity contribution is 5.46. The molecule has 1 aromatic rings. The van der Waals surface area contributed by atoms with Gasteiger partial charge in [-0.25, -0.2) is 0 Å². The van der Waals surface area contributed by atoms with Crippen LogP contribution < -0.4 is 4.90 Å². The van der Waals surface area contributed by atoms with Gasteiger partial charge in [-0.2, -0.15) is 0 Å². The van der Waals surface area contributed by atoms with Crippen LogP contribution in [0.3, 0.4) is 0 Å². The first-order chi connectivity index (χ1) is 10.3. The Labute approximate surface area is 127 Å². The fourth-order valence-electron chi connectivity index (χ4n) is 4.85. The molecule has 1 N–H and O–H groups in total. The summed E-state index contributed by atoms with van der Waals surface area (Å²) in [6.07, 6.45) is 7.15. The van der Waals surface area contributed by atoms with Crippen molar-refractivity contribution in [3.05, 3.63) is 30.3 Å². The molecule has 4 rings (SSSR count). The highest BCUT2D eigenvalue weighted by Gasteiger charge is 2.44. The quantitative estimate of drug-likeness (QED) is 0.905. The SMILES string of the molecule is OC1C[C@@H]2CC[C@@H](C1)N2[C@H]1CCCN(c2ccccc2)C1. The Bertz CT molecular complexity index is 463. The van der Waals surface area contributed by atoms with Gasteiger partial charge in [0.15, 0.2) is 0 Å². The van der Waals surface area contributed by atoms with Crippen molar-refractivity contribution in [1.29, 1.82) is 0 Å². The van der Waals surface area contributed by atoms with Gasteiger partial charge in [-0.1, -0.05) is 18.2 Å². The third-order valence-electron chi connectivity index (χ3n) is 5.70. The van der Waals surface area contributed by atoms with Gasteiger partial charge < -0.3 is 10.0 Å². The molecule has 3 aliphatic heterocycles. The molecule has 1 aromatic carbocycles. The predicted octanol–water partition coefficient (Wildman–Crippen LogP) is 2.64. The van der Waals surface area contributed by atoms with Gasteiger partial charge in [-0.05, 0) is 50.7 Å². The molecule has 114 valence electrons. The number of fused-ring (bicyclic) bond motifs is 2. The van der Waals surface area contributed by atoms with Crippen molar-refractivity contribution in [3.8, 4) is 0 Å². The molecular weight excluding hydrogens is 260 g/mol. The summed E-state index contributed by atoms with van der Waals surface area (Å²) in [6, 6.07) is 12.8. The first kappa shape index (κ1) is 13.6. The van der Waals surface area contributed by atoms with Crippen molar-refractivity contribution >= 4 is 5.69 Å². The lowest BCUT2D eigenvalue weighted by Crippen LogP contribution is -2.55. The van der Waals surface area contributed by atoms with Crippen LogP contribution in [0.1, 0.15) is 38.5 Å². The van der Waals surface area contributed by atoms with Crippen LogP contribution in [0.2, 0.25) is 0 Å². The van der Waals surface area contributed by atoms with Gasteiger partial charge in [0.1, 0.15) is 0 Å². The van der Waals surface area contributed by atoms with E-state index in [4.69, 9.17) is 0 Å². The zero-order valence-electron chi connectivity index (χ0n) is 12.7. The molecule has 0 unspecified atom stereocenters. The van der Waals surface area contributed by atoms with E-state index < -0.39 is 0 Å². The number of para-hydroxylation sites is 1. The van der Waals surface area contributed by atoms with Crippen LogP contribution in [-0.4, -0.2) is 47.3 Å². The average Bonchev–Trinajstić information content (AvgIpc) is 2.80. The normalized spacial score (nSPS) is 36.9. The van der Waals surface area contributed by atoms with E-state index >= 15 is 0 Å². The lowest BCUT2D eigenvalue weighted by molar-refractivity contribution is 0.00682. The largest absolute Gasteiger partial charge is 0.393 e. The molecule has 21 heavy (non-hydrogen) atoms. The van der Waals surface area contributed by atoms with Crippen LogP contribution in [0.5, 0.6) is 0 Å². The van der Waals surface area contributed by atoms with E-state index in [1.165, 1.54) is 37.9 Å². The Kier molecular flexibility index (Phi) is 3.64. The minimum Gasteiger partial charge on any atom is -0.393 e. The predicted molar refractivity (Wildman–Crippen MR) is 85.6 cm³/mol. The number of anilines is 1. The minimum atomic E-state index is -0.0485. The number of aliphatic hydroxyl groups excluding tert-OH is 1. The number of rotatable bonds is 2. The first-order valence-corrected chi connectivity index (χ1v) is 8.57. The van der Waals surface area contributed by atoms with Gasteiger partial charge in [0.25, 0.3) is 0 Å². The van der Waals surface area contributed by atoms with Gasteiger partial charge in [0, 0.05) is 36.9 Å². The van der Waals surface area contributed by atoms with E-state index in [1.807, 2.05) is 0 Å². The van der Waals surface area contributed by atoms with Gasteiger partial charge in [0.2, 0.25) is 0 Å². The van der Waals surface area contributed by atoms with Crippen LogP contribution in [0.15, 0.2) is 30.3 Å². The zero-order chi connectivity index (χ0) is 14.2. The molecule has 0 amide bonds. The van der Waals surface area contributed by atoms with Crippen LogP contribution in [0.4, 0.5) is 5.69 Å². The zero-order valence-corrected chi connectivity index (χ0v) is 12.7. The second-order valence-electron chi connectivity index (χ2n) is 7.04. The fourth-order valence-corrected chi connectivity index (χ4v) is 4.85. The Balaban J connectivity index is 1.49. The molecular formula is C18H26N2O. The van der Waals surface area contributed by atoms with Crippen molar-refractivity contribution < 1.29 is 5.11 Å². The van der Waals surface area contributed by atoms with E-state index in [0.29, 0.717) is 18.1 Å². The summed E-state index contributed by atoms with van der Waals surface area (Å²) < 4.78 is 0. The van der Waals surface area contributed by atoms with Crippen LogP contribution >= 0.6 is 0 Å². The molecule has 2 bridgehead atoms. The van der Waals surface area contributed by atoms with Gasteiger partial charge in [-0.15, -0.1) is 0 Å². The van der Waals surface area contributed by atoms with Gasteiger partial charge in [-0.3, -0.25) is 4.90 Å². The fraction of sp³-hybridized carbons (Fsp3) is 0.667. The average molecular weight is 286 g/mol. The van der Waals surface area contributed by atoms with Crippen molar-refractivity contribution in [3.63, 3.8) is 0 Å². The second kappa shape index (κ2) is 5.62. The Hall–Kier alpha value is -1.06. The molecule has 3 heteroatoms. The number of hydrogen-bond donors (Lipinski definition) is 1. The lowest BCUT2D eigenvalue weighted by atomic mass is 9.94. The molecule has 0 aromatic heterocycles. The topological polar surface area (TPSA) is 26.7 Å². The smallest absolute Gasteiger partial charge is 0.0570 e. The van der Waals surface area contributed by atoms with E-state index in [1.54, 1.807) is 0 Å². The van der Waals surface area contributed by atoms with E-state index in [2.05, 4.69) is 40.1 Å². The van der Waals surface area contributed by atoms with Crippen LogP contribution in [0.25, 0.3) is 0 Å². The number of piperidine rings is 2. The first-order valence-electron chi connectivity index (χ1n) is 8.57. The molecule has 3 aliphatic rings. The number of nitrogens with zero attached hydrogens (tertiary/aromatic N) is 2. The Morgan fingerprint density at radius 3 is 2.33 bits per heavy atom. The number of benzene rings is 1. The summed E-state index contributed by atoms with van der Waals surface area (Å²) in [4.78, 5) is 5.33. The van der Waals surface area contributed by atoms with Crippen molar-refractivity contribution in [2.45, 2.75) is 62.8 Å². The molecule has 3 heterocycles. The van der Waals surface area contributed by atoms with Gasteiger partial charge >= 0.3 is 0 Å². The third kappa shape index (κ3) is 2.58. The third-order valence-corrected chi connectivity index (χ3v) is 5.70. The molecule has 0 saturated carbocycles. The summed E-state index contributed by atoms with van der Waals surface area (Å²) in [5, 5.41) is 10.00. The summed E-state index contributed by atoms with van der Waals surface area (Å²) in [6.45, 7) is 2.35. The maximum Gasteiger partial charge on any atom is 0.0570 e. The Morgan fingerprint density at radius 1 is 0.905 bits per heavy atom. The molecule has 3 atom stereocenters. The highest BCUT2D eigenvalue weighted by Crippen LogP contribution is 2.39. The molecule has 3 nitrogen and oxygen atoms in total. The Morgan fingerprint density at radius 2 is 1.62 bits per heavy atom. The van der Waals surface area contributed by atoms with Crippen LogP contribution in [-0.2, 0) is 0 Å². The van der Waals surface area contributed by atoms with Crippen molar-refractivity contribution in [1.82, 2.24) is 4.90 Å². The maximum atomic E-state index is 10.00. The van der Waals surface area contributed by atoms with E-state index in [9.17, 15) is 5.11 Å². The molecule has 3 fully saturated rings. The number of aliphatic hydroxyl groups is 1. The molecule has 0 spiro atoms. The monoisotopic (exact) mass is 286 g/mol. The summed E-state index contributed by atoms with van der Waals surface area (Å²) in [7, 11) is 0. The summed E-state index contributed by atoms with van der Waals surface area (Å²) >= 11 is 0. The standard InChI is InChI=1S/C18H26N2O/c21-18-11-15-8-9-16(12-18)20(15)17-7-4-10-19(13-17)14-5-2-1-3-6-14/h1-3,5-6,15-18,21H,4,7-13H2/t15-,16-,17-/m0/s1. The molecule has 3 saturated heterocycles. The summed E-state index contributed by atoms with van der Waals surface area (Å²) in [5.41, 5.74) is 1.37. The molecule has 0 aliphatic carbocycles. The number of hydrogen-bond acceptors (Lipinski definition) is 3. The van der Waals surface area contributed by atoms with E-state index in [-0.39, 0.29) is 6.10 Å². The second-order valence-corrected chi connectivity index (χ2v) is 7.04. The lowest BCUT2D eigenvalue weighted by Gasteiger charge is -2.46. The van der Waals surface area contributed by atoms with Gasteiger partial charge in [0.05, 0.1) is 6.10 Å². The van der Waals surface area contributed by atoms with Crippen molar-refractivity contribution in [2.24, 2.45) is 0 Å². The van der Waals surface area contributed by atoms with Crippen molar-refractivity contribution in [2.75, 3.05) is 18.0 Å². The van der Waals surface area contributed by atoms with E-state index in [0.717, 1.165) is 19.4 Å². The maximum absolute atomic E-state index is 10.00. The highest BCUT2D eigenvalue weighted by atomic mass is 16.3. The van der Waals surface area contributed by atoms with Crippen LogP contribution in [0, 0.1) is 0 Å².